The number of carbonyl (C=O) groups excluding carboxylic acids is 2. The van der Waals surface area contributed by atoms with Crippen molar-refractivity contribution in [3.8, 4) is 5.75 Å². The fraction of sp³-hybridized carbons (Fsp3) is 0.263. The monoisotopic (exact) mass is 358 g/mol. The van der Waals surface area contributed by atoms with Crippen LogP contribution in [-0.4, -0.2) is 25.0 Å². The maximum atomic E-state index is 12.7. The average molecular weight is 359 g/mol. The summed E-state index contributed by atoms with van der Waals surface area (Å²) in [6, 6.07) is 14.2. The Balaban J connectivity index is 1.67. The summed E-state index contributed by atoms with van der Waals surface area (Å²) < 4.78 is 5.67. The second-order valence-electron chi connectivity index (χ2n) is 5.84. The van der Waals surface area contributed by atoms with Gasteiger partial charge >= 0.3 is 0 Å². The summed E-state index contributed by atoms with van der Waals surface area (Å²) in [4.78, 5) is 25.8. The topological polar surface area (TPSA) is 58.6 Å². The molecule has 0 radical (unpaired) electrons. The molecule has 0 saturated heterocycles. The van der Waals surface area contributed by atoms with Crippen molar-refractivity contribution >= 4 is 29.1 Å². The van der Waals surface area contributed by atoms with Crippen LogP contribution >= 0.6 is 11.6 Å². The molecule has 0 aromatic heterocycles. The van der Waals surface area contributed by atoms with E-state index < -0.39 is 6.04 Å². The molecule has 1 aliphatic heterocycles. The number of nitrogens with zero attached hydrogens (tertiary/aromatic N) is 1. The van der Waals surface area contributed by atoms with Crippen molar-refractivity contribution in [2.24, 2.45) is 0 Å². The number of hydrogen-bond acceptors (Lipinski definition) is 3. The van der Waals surface area contributed by atoms with Crippen LogP contribution in [0.5, 0.6) is 5.75 Å². The normalized spacial score (nSPS) is 15.8. The van der Waals surface area contributed by atoms with Crippen LogP contribution in [0.15, 0.2) is 48.5 Å². The molecule has 0 bridgehead atoms. The number of anilines is 1. The number of para-hydroxylation sites is 1. The first-order valence-electron chi connectivity index (χ1n) is 8.12. The lowest BCUT2D eigenvalue weighted by molar-refractivity contribution is -0.126. The third-order valence-corrected chi connectivity index (χ3v) is 4.23. The van der Waals surface area contributed by atoms with Gasteiger partial charge in [-0.25, -0.2) is 0 Å². The Morgan fingerprint density at radius 3 is 2.72 bits per heavy atom. The van der Waals surface area contributed by atoms with E-state index in [1.54, 1.807) is 17.0 Å². The quantitative estimate of drug-likeness (QED) is 0.806. The van der Waals surface area contributed by atoms with Gasteiger partial charge in [-0.05, 0) is 36.8 Å². The maximum Gasteiger partial charge on any atom is 0.254 e. The fourth-order valence-corrected chi connectivity index (χ4v) is 3.09. The number of carbonyl (C=O) groups is 2. The predicted molar refractivity (Wildman–Crippen MR) is 96.9 cm³/mol. The number of rotatable bonds is 6. The summed E-state index contributed by atoms with van der Waals surface area (Å²) in [5, 5.41) is 3.24. The molecular weight excluding hydrogens is 340 g/mol. The Labute approximate surface area is 151 Å². The van der Waals surface area contributed by atoms with E-state index in [1.807, 2.05) is 36.4 Å². The van der Waals surface area contributed by atoms with Crippen LogP contribution in [-0.2, 0) is 9.59 Å². The Morgan fingerprint density at radius 2 is 2.00 bits per heavy atom. The van der Waals surface area contributed by atoms with E-state index in [0.29, 0.717) is 24.6 Å². The minimum Gasteiger partial charge on any atom is -0.494 e. The highest BCUT2D eigenvalue weighted by Crippen LogP contribution is 2.37. The summed E-state index contributed by atoms with van der Waals surface area (Å²) in [6.07, 6.45) is 0.676. The number of hydrogen-bond donors (Lipinski definition) is 1. The molecule has 0 fully saturated rings. The maximum absolute atomic E-state index is 12.7. The van der Waals surface area contributed by atoms with E-state index in [1.165, 1.54) is 6.92 Å². The van der Waals surface area contributed by atoms with Crippen LogP contribution < -0.4 is 15.0 Å². The zero-order valence-corrected chi connectivity index (χ0v) is 14.6. The molecule has 2 aromatic rings. The lowest BCUT2D eigenvalue weighted by atomic mass is 10.1. The molecule has 0 unspecified atom stereocenters. The summed E-state index contributed by atoms with van der Waals surface area (Å²) in [7, 11) is 0. The first-order chi connectivity index (χ1) is 12.1. The van der Waals surface area contributed by atoms with Gasteiger partial charge in [-0.3, -0.25) is 9.59 Å². The second-order valence-corrected chi connectivity index (χ2v) is 6.28. The molecule has 130 valence electrons. The molecule has 0 aliphatic carbocycles. The number of ether oxygens (including phenoxy) is 1. The van der Waals surface area contributed by atoms with E-state index in [0.717, 1.165) is 17.0 Å². The summed E-state index contributed by atoms with van der Waals surface area (Å²) in [5.41, 5.74) is 1.52. The third-order valence-electron chi connectivity index (χ3n) is 3.99. The van der Waals surface area contributed by atoms with Crippen molar-refractivity contribution in [2.45, 2.75) is 19.4 Å². The highest BCUT2D eigenvalue weighted by molar-refractivity contribution is 6.31. The number of nitrogens with one attached hydrogen (secondary N) is 1. The minimum absolute atomic E-state index is 0.146. The number of amides is 2. The summed E-state index contributed by atoms with van der Waals surface area (Å²) in [6.45, 7) is 2.41. The summed E-state index contributed by atoms with van der Waals surface area (Å²) in [5.74, 6) is 0.407. The molecule has 25 heavy (non-hydrogen) atoms. The lowest BCUT2D eigenvalue weighted by Crippen LogP contribution is -2.37. The highest BCUT2D eigenvalue weighted by atomic mass is 35.5. The molecule has 1 aliphatic rings. The van der Waals surface area contributed by atoms with Crippen molar-refractivity contribution in [2.75, 3.05) is 18.1 Å². The van der Waals surface area contributed by atoms with Crippen molar-refractivity contribution in [1.29, 1.82) is 0 Å². The SMILES string of the molecule is CC(=O)N[C@@H]1C(=O)N(CCCOc2ccccc2)c2ccc(Cl)cc21. The molecule has 0 spiro atoms. The molecule has 1 heterocycles. The second kappa shape index (κ2) is 7.57. The Bertz CT molecular complexity index is 779. The zero-order valence-electron chi connectivity index (χ0n) is 13.9. The molecule has 3 rings (SSSR count). The van der Waals surface area contributed by atoms with Crippen LogP contribution in [0.25, 0.3) is 0 Å². The zero-order chi connectivity index (χ0) is 17.8. The third kappa shape index (κ3) is 3.94. The molecule has 2 aromatic carbocycles. The number of benzene rings is 2. The Kier molecular flexibility index (Phi) is 5.24. The van der Waals surface area contributed by atoms with Crippen molar-refractivity contribution in [3.63, 3.8) is 0 Å². The van der Waals surface area contributed by atoms with Gasteiger partial charge in [0.05, 0.1) is 6.61 Å². The molecule has 1 N–H and O–H groups in total. The molecule has 1 atom stereocenters. The number of halogens is 1. The van der Waals surface area contributed by atoms with Gasteiger partial charge in [0.1, 0.15) is 11.8 Å². The van der Waals surface area contributed by atoms with Gasteiger partial charge in [0.25, 0.3) is 5.91 Å². The first kappa shape index (κ1) is 17.3. The van der Waals surface area contributed by atoms with E-state index in [4.69, 9.17) is 16.3 Å². The first-order valence-corrected chi connectivity index (χ1v) is 8.50. The Morgan fingerprint density at radius 1 is 1.24 bits per heavy atom. The molecule has 2 amide bonds. The van der Waals surface area contributed by atoms with Crippen LogP contribution in [0.2, 0.25) is 5.02 Å². The van der Waals surface area contributed by atoms with Crippen LogP contribution in [0.3, 0.4) is 0 Å². The average Bonchev–Trinajstić information content (AvgIpc) is 2.84. The van der Waals surface area contributed by atoms with Gasteiger partial charge in [0.15, 0.2) is 0 Å². The molecule has 0 saturated carbocycles. The fourth-order valence-electron chi connectivity index (χ4n) is 2.91. The largest absolute Gasteiger partial charge is 0.494 e. The van der Waals surface area contributed by atoms with E-state index in [-0.39, 0.29) is 11.8 Å². The molecule has 6 heteroatoms. The van der Waals surface area contributed by atoms with Crippen molar-refractivity contribution in [3.05, 3.63) is 59.1 Å². The van der Waals surface area contributed by atoms with Gasteiger partial charge in [0.2, 0.25) is 5.91 Å². The van der Waals surface area contributed by atoms with Crippen LogP contribution in [0.4, 0.5) is 5.69 Å². The van der Waals surface area contributed by atoms with E-state index in [9.17, 15) is 9.59 Å². The van der Waals surface area contributed by atoms with E-state index >= 15 is 0 Å². The van der Waals surface area contributed by atoms with Gasteiger partial charge in [-0.15, -0.1) is 0 Å². The smallest absolute Gasteiger partial charge is 0.254 e. The van der Waals surface area contributed by atoms with Crippen molar-refractivity contribution < 1.29 is 14.3 Å². The predicted octanol–water partition coefficient (Wildman–Crippen LogP) is 3.33. The summed E-state index contributed by atoms with van der Waals surface area (Å²) >= 11 is 6.05. The molecule has 5 nitrogen and oxygen atoms in total. The van der Waals surface area contributed by atoms with Crippen LogP contribution in [0.1, 0.15) is 24.9 Å². The van der Waals surface area contributed by atoms with Gasteiger partial charge < -0.3 is 15.0 Å². The van der Waals surface area contributed by atoms with Gasteiger partial charge in [-0.1, -0.05) is 29.8 Å². The van der Waals surface area contributed by atoms with Crippen molar-refractivity contribution in [1.82, 2.24) is 5.32 Å². The Hall–Kier alpha value is -2.53. The standard InChI is InChI=1S/C19H19ClN2O3/c1-13(23)21-18-16-12-14(20)8-9-17(16)22(19(18)24)10-5-11-25-15-6-3-2-4-7-15/h2-4,6-9,12,18H,5,10-11H2,1H3,(H,21,23)/t18-/m0/s1. The number of fused-ring (bicyclic) bond motifs is 1. The van der Waals surface area contributed by atoms with Gasteiger partial charge in [0, 0.05) is 29.7 Å². The molecular formula is C19H19ClN2O3. The minimum atomic E-state index is -0.679. The van der Waals surface area contributed by atoms with Crippen LogP contribution in [0, 0.1) is 0 Å². The highest BCUT2D eigenvalue weighted by Gasteiger charge is 2.37. The van der Waals surface area contributed by atoms with Gasteiger partial charge in [-0.2, -0.15) is 0 Å². The van der Waals surface area contributed by atoms with E-state index in [2.05, 4.69) is 5.32 Å². The lowest BCUT2D eigenvalue weighted by Gasteiger charge is -2.18.